The molecule has 0 atom stereocenters. The van der Waals surface area contributed by atoms with Gasteiger partial charge in [-0.15, -0.1) is 0 Å². The number of nitrogens with zero attached hydrogens (tertiary/aromatic N) is 1. The summed E-state index contributed by atoms with van der Waals surface area (Å²) in [5.74, 6) is 0. The summed E-state index contributed by atoms with van der Waals surface area (Å²) in [7, 11) is -4.35. The molecule has 0 rings (SSSR count). The first-order valence-corrected chi connectivity index (χ1v) is 4.17. The molecule has 0 heterocycles. The molecule has 0 spiro atoms. The van der Waals surface area contributed by atoms with Crippen LogP contribution in [0.15, 0.2) is 0 Å². The van der Waals surface area contributed by atoms with Crippen LogP contribution >= 0.6 is 7.60 Å². The van der Waals surface area contributed by atoms with Crippen LogP contribution in [-0.2, 0) is 30.8 Å². The zero-order chi connectivity index (χ0) is 7.33. The van der Waals surface area contributed by atoms with Gasteiger partial charge in [0.05, 0.1) is 6.07 Å². The standard InChI is InChI=1S/C4H8NO3P.Zr/c5-3-1-2-4-9(6,7)8;/h1-2,4H2,(H2,6,7,8);/p-2. The first-order valence-electron chi connectivity index (χ1n) is 2.44. The Kier molecular flexibility index (Phi) is 8.21. The Balaban J connectivity index is 0. The van der Waals surface area contributed by atoms with Crippen molar-refractivity contribution in [3.05, 3.63) is 0 Å². The van der Waals surface area contributed by atoms with Crippen molar-refractivity contribution in [1.82, 2.24) is 0 Å². The largest absolute Gasteiger partial charge is 0.811 e. The van der Waals surface area contributed by atoms with E-state index in [9.17, 15) is 14.4 Å². The summed E-state index contributed by atoms with van der Waals surface area (Å²) < 4.78 is 9.87. The predicted molar refractivity (Wildman–Crippen MR) is 27.3 cm³/mol. The van der Waals surface area contributed by atoms with Crippen molar-refractivity contribution in [2.45, 2.75) is 12.8 Å². The molecule has 6 heteroatoms. The molecular weight excluding hydrogens is 232 g/mol. The summed E-state index contributed by atoms with van der Waals surface area (Å²) in [5, 5.41) is 7.92. The van der Waals surface area contributed by atoms with Crippen molar-refractivity contribution in [2.24, 2.45) is 0 Å². The molecule has 0 bridgehead atoms. The van der Waals surface area contributed by atoms with Gasteiger partial charge in [-0.05, 0) is 12.6 Å². The fourth-order valence-corrected chi connectivity index (χ4v) is 0.897. The van der Waals surface area contributed by atoms with Crippen molar-refractivity contribution in [3.63, 3.8) is 0 Å². The third kappa shape index (κ3) is 11.3. The van der Waals surface area contributed by atoms with Gasteiger partial charge in [0.25, 0.3) is 0 Å². The van der Waals surface area contributed by atoms with E-state index in [-0.39, 0.29) is 39.0 Å². The Bertz CT molecular complexity index is 160. The number of nitriles is 1. The molecule has 0 amide bonds. The van der Waals surface area contributed by atoms with Crippen LogP contribution in [-0.4, -0.2) is 6.16 Å². The minimum atomic E-state index is -4.35. The second-order valence-corrected chi connectivity index (χ2v) is 3.27. The van der Waals surface area contributed by atoms with Crippen molar-refractivity contribution in [1.29, 1.82) is 5.26 Å². The van der Waals surface area contributed by atoms with Crippen LogP contribution in [0.3, 0.4) is 0 Å². The molecule has 0 N–H and O–H groups in total. The maximum atomic E-state index is 9.87. The van der Waals surface area contributed by atoms with Gasteiger partial charge < -0.3 is 14.4 Å². The van der Waals surface area contributed by atoms with Crippen molar-refractivity contribution in [2.75, 3.05) is 6.16 Å². The van der Waals surface area contributed by atoms with E-state index in [1.165, 1.54) is 0 Å². The SMILES string of the molecule is N#CCCCP(=O)([O-])[O-].[Zr]. The van der Waals surface area contributed by atoms with Gasteiger partial charge in [0.2, 0.25) is 0 Å². The molecular formula is C4H6NO3PZr-2. The van der Waals surface area contributed by atoms with Gasteiger partial charge in [-0.3, -0.25) is 0 Å². The first-order chi connectivity index (χ1) is 4.06. The normalized spacial score (nSPS) is 9.70. The number of hydrogen-bond donors (Lipinski definition) is 0. The van der Waals surface area contributed by atoms with Gasteiger partial charge >= 0.3 is 0 Å². The fourth-order valence-electron chi connectivity index (χ4n) is 0.352. The number of unbranched alkanes of at least 4 members (excludes halogenated alkanes) is 1. The van der Waals surface area contributed by atoms with Gasteiger partial charge in [0.1, 0.15) is 0 Å². The molecule has 0 radical (unpaired) electrons. The first kappa shape index (κ1) is 13.1. The molecule has 0 saturated carbocycles. The molecule has 0 aromatic heterocycles. The molecule has 0 unspecified atom stereocenters. The van der Waals surface area contributed by atoms with E-state index in [0.29, 0.717) is 0 Å². The predicted octanol–water partition coefficient (Wildman–Crippen LogP) is -0.799. The molecule has 0 aromatic carbocycles. The van der Waals surface area contributed by atoms with Crippen LogP contribution in [0.4, 0.5) is 0 Å². The fraction of sp³-hybridized carbons (Fsp3) is 0.750. The van der Waals surface area contributed by atoms with E-state index in [2.05, 4.69) is 0 Å². The maximum absolute atomic E-state index is 9.87. The average molecular weight is 238 g/mol. The van der Waals surface area contributed by atoms with E-state index in [4.69, 9.17) is 5.26 Å². The summed E-state index contributed by atoms with van der Waals surface area (Å²) >= 11 is 0. The monoisotopic (exact) mass is 237 g/mol. The molecule has 0 fully saturated rings. The van der Waals surface area contributed by atoms with Crippen LogP contribution in [0.25, 0.3) is 0 Å². The van der Waals surface area contributed by atoms with Gasteiger partial charge in [0, 0.05) is 32.6 Å². The Hall–Kier alpha value is 0.523. The Morgan fingerprint density at radius 3 is 2.30 bits per heavy atom. The zero-order valence-corrected chi connectivity index (χ0v) is 8.59. The third-order valence-corrected chi connectivity index (χ3v) is 1.58. The van der Waals surface area contributed by atoms with Crippen LogP contribution in [0.5, 0.6) is 0 Å². The van der Waals surface area contributed by atoms with Gasteiger partial charge in [0.15, 0.2) is 0 Å². The molecule has 0 aliphatic carbocycles. The van der Waals surface area contributed by atoms with E-state index >= 15 is 0 Å². The minimum absolute atomic E-state index is 0. The molecule has 0 aliphatic rings. The molecule has 0 aliphatic heterocycles. The Labute approximate surface area is 78.5 Å². The summed E-state index contributed by atoms with van der Waals surface area (Å²) in [6, 6.07) is 1.74. The van der Waals surface area contributed by atoms with Crippen molar-refractivity contribution >= 4 is 7.60 Å². The quantitative estimate of drug-likeness (QED) is 0.476. The number of hydrogen-bond acceptors (Lipinski definition) is 4. The summed E-state index contributed by atoms with van der Waals surface area (Å²) in [6.07, 6.45) is -0.115. The number of rotatable bonds is 3. The van der Waals surface area contributed by atoms with Crippen LogP contribution in [0.2, 0.25) is 0 Å². The zero-order valence-electron chi connectivity index (χ0n) is 5.24. The molecule has 0 saturated heterocycles. The topological polar surface area (TPSA) is 87.0 Å². The molecule has 56 valence electrons. The maximum Gasteiger partial charge on any atom is 0.0621 e. The van der Waals surface area contributed by atoms with Gasteiger partial charge in [-0.2, -0.15) is 5.26 Å². The second-order valence-electron chi connectivity index (χ2n) is 1.60. The van der Waals surface area contributed by atoms with Crippen LogP contribution in [0.1, 0.15) is 12.8 Å². The molecule has 0 aromatic rings. The van der Waals surface area contributed by atoms with Crippen LogP contribution < -0.4 is 9.79 Å². The Morgan fingerprint density at radius 1 is 1.50 bits per heavy atom. The van der Waals surface area contributed by atoms with Crippen molar-refractivity contribution < 1.29 is 40.6 Å². The van der Waals surface area contributed by atoms with Crippen LogP contribution in [0, 0.1) is 11.3 Å². The molecule has 4 nitrogen and oxygen atoms in total. The van der Waals surface area contributed by atoms with Crippen molar-refractivity contribution in [3.8, 4) is 6.07 Å². The van der Waals surface area contributed by atoms with E-state index < -0.39 is 13.8 Å². The minimum Gasteiger partial charge on any atom is -0.811 e. The molecule has 10 heavy (non-hydrogen) atoms. The second kappa shape index (κ2) is 6.25. The van der Waals surface area contributed by atoms with Gasteiger partial charge in [-0.1, -0.05) is 7.60 Å². The van der Waals surface area contributed by atoms with Gasteiger partial charge in [-0.25, -0.2) is 0 Å². The third-order valence-electron chi connectivity index (χ3n) is 0.721. The average Bonchev–Trinajstić information content (AvgIpc) is 1.63. The van der Waals surface area contributed by atoms with E-state index in [1.54, 1.807) is 6.07 Å². The van der Waals surface area contributed by atoms with E-state index in [1.807, 2.05) is 0 Å². The summed E-state index contributed by atoms with van der Waals surface area (Å²) in [5.41, 5.74) is 0. The summed E-state index contributed by atoms with van der Waals surface area (Å²) in [4.78, 5) is 19.7. The van der Waals surface area contributed by atoms with E-state index in [0.717, 1.165) is 0 Å². The smallest absolute Gasteiger partial charge is 0.0621 e. The summed E-state index contributed by atoms with van der Waals surface area (Å²) in [6.45, 7) is 0. The Morgan fingerprint density at radius 2 is 2.00 bits per heavy atom.